The molecule has 84 valence electrons. The zero-order valence-electron chi connectivity index (χ0n) is 6.77. The van der Waals surface area contributed by atoms with Crippen molar-refractivity contribution < 1.29 is 31.9 Å². The first-order valence-corrected chi connectivity index (χ1v) is 4.56. The molecule has 0 aliphatic rings. The van der Waals surface area contributed by atoms with E-state index in [4.69, 9.17) is 5.11 Å². The number of alkyl halides is 5. The molecule has 0 atom stereocenters. The summed E-state index contributed by atoms with van der Waals surface area (Å²) in [5, 5.41) is 8.07. The van der Waals surface area contributed by atoms with Gasteiger partial charge in [0.2, 0.25) is 0 Å². The van der Waals surface area contributed by atoms with Crippen LogP contribution in [-0.4, -0.2) is 34.7 Å². The molecule has 2 nitrogen and oxygen atoms in total. The molecule has 8 heteroatoms. The van der Waals surface area contributed by atoms with E-state index in [1.165, 1.54) is 0 Å². The average Bonchev–Trinajstić information content (AvgIpc) is 1.95. The van der Waals surface area contributed by atoms with Crippen molar-refractivity contribution in [1.29, 1.82) is 0 Å². The lowest BCUT2D eigenvalue weighted by Gasteiger charge is -2.18. The minimum atomic E-state index is -5.56. The maximum absolute atomic E-state index is 12.2. The molecule has 0 unspecified atom stereocenters. The lowest BCUT2D eigenvalue weighted by molar-refractivity contribution is -0.282. The Morgan fingerprint density at radius 1 is 1.21 bits per heavy atom. The summed E-state index contributed by atoms with van der Waals surface area (Å²) in [6.45, 7) is 0. The Hall–Kier alpha value is -0.530. The van der Waals surface area contributed by atoms with E-state index in [0.29, 0.717) is 11.8 Å². The Balaban J connectivity index is 3.83. The van der Waals surface area contributed by atoms with E-state index in [1.54, 1.807) is 0 Å². The standard InChI is InChI=1S/C6H7F5O2S/c7-5(8,6(9,10)11)1-2-14-3-4(12)13/h1-3H2,(H,12,13). The molecular weight excluding hydrogens is 231 g/mol. The predicted octanol–water partition coefficient (Wildman–Crippen LogP) is 2.39. The van der Waals surface area contributed by atoms with Crippen LogP contribution in [0.2, 0.25) is 0 Å². The van der Waals surface area contributed by atoms with Crippen molar-refractivity contribution >= 4 is 17.7 Å². The first kappa shape index (κ1) is 13.5. The second kappa shape index (κ2) is 4.81. The van der Waals surface area contributed by atoms with Crippen LogP contribution in [-0.2, 0) is 4.79 Å². The zero-order valence-corrected chi connectivity index (χ0v) is 7.59. The number of hydrogen-bond acceptors (Lipinski definition) is 2. The quantitative estimate of drug-likeness (QED) is 0.590. The molecule has 0 radical (unpaired) electrons. The molecule has 1 N–H and O–H groups in total. The number of carbonyl (C=O) groups is 1. The van der Waals surface area contributed by atoms with E-state index >= 15 is 0 Å². The van der Waals surface area contributed by atoms with Crippen LogP contribution < -0.4 is 0 Å². The van der Waals surface area contributed by atoms with Gasteiger partial charge in [-0.1, -0.05) is 0 Å². The summed E-state index contributed by atoms with van der Waals surface area (Å²) in [7, 11) is 0. The molecule has 0 aliphatic carbocycles. The third-order valence-electron chi connectivity index (χ3n) is 1.20. The third-order valence-corrected chi connectivity index (χ3v) is 2.14. The van der Waals surface area contributed by atoms with E-state index in [9.17, 15) is 26.7 Å². The van der Waals surface area contributed by atoms with Crippen LogP contribution in [0.1, 0.15) is 6.42 Å². The van der Waals surface area contributed by atoms with Gasteiger partial charge in [-0.3, -0.25) is 4.79 Å². The normalized spacial score (nSPS) is 12.9. The summed E-state index contributed by atoms with van der Waals surface area (Å²) in [5.74, 6) is -7.00. The van der Waals surface area contributed by atoms with Gasteiger partial charge in [0.15, 0.2) is 0 Å². The van der Waals surface area contributed by atoms with Crippen molar-refractivity contribution in [3.05, 3.63) is 0 Å². The van der Waals surface area contributed by atoms with Crippen molar-refractivity contribution in [2.45, 2.75) is 18.5 Å². The highest BCUT2D eigenvalue weighted by Crippen LogP contribution is 2.38. The van der Waals surface area contributed by atoms with Gasteiger partial charge < -0.3 is 5.11 Å². The fraction of sp³-hybridized carbons (Fsp3) is 0.833. The Morgan fingerprint density at radius 3 is 2.07 bits per heavy atom. The molecular formula is C6H7F5O2S. The highest BCUT2D eigenvalue weighted by Gasteiger charge is 2.56. The molecule has 14 heavy (non-hydrogen) atoms. The number of halogens is 5. The average molecular weight is 238 g/mol. The second-order valence-corrected chi connectivity index (χ2v) is 3.50. The molecule has 0 aliphatic heterocycles. The van der Waals surface area contributed by atoms with Gasteiger partial charge in [0.25, 0.3) is 0 Å². The van der Waals surface area contributed by atoms with Crippen LogP contribution in [0.25, 0.3) is 0 Å². The molecule has 0 heterocycles. The lowest BCUT2D eigenvalue weighted by Crippen LogP contribution is -2.36. The molecule has 0 amide bonds. The van der Waals surface area contributed by atoms with Crippen molar-refractivity contribution in [3.8, 4) is 0 Å². The molecule has 0 saturated carbocycles. The van der Waals surface area contributed by atoms with Gasteiger partial charge in [0.1, 0.15) is 0 Å². The zero-order chi connectivity index (χ0) is 11.4. The smallest absolute Gasteiger partial charge is 0.453 e. The fourth-order valence-corrected chi connectivity index (χ4v) is 1.22. The Morgan fingerprint density at radius 2 is 1.71 bits per heavy atom. The van der Waals surface area contributed by atoms with Gasteiger partial charge in [-0.25, -0.2) is 0 Å². The van der Waals surface area contributed by atoms with Gasteiger partial charge >= 0.3 is 18.1 Å². The van der Waals surface area contributed by atoms with E-state index in [0.717, 1.165) is 0 Å². The summed E-state index contributed by atoms with van der Waals surface area (Å²) in [5.41, 5.74) is 0. The number of rotatable bonds is 5. The SMILES string of the molecule is O=C(O)CSCCC(F)(F)C(F)(F)F. The van der Waals surface area contributed by atoms with Crippen LogP contribution in [0.15, 0.2) is 0 Å². The molecule has 0 saturated heterocycles. The van der Waals surface area contributed by atoms with Crippen molar-refractivity contribution in [3.63, 3.8) is 0 Å². The Labute approximate surface area is 80.5 Å². The van der Waals surface area contributed by atoms with Gasteiger partial charge in [-0.2, -0.15) is 22.0 Å². The predicted molar refractivity (Wildman–Crippen MR) is 40.6 cm³/mol. The molecule has 0 fully saturated rings. The molecule has 0 aromatic rings. The lowest BCUT2D eigenvalue weighted by atomic mass is 10.2. The minimum Gasteiger partial charge on any atom is -0.481 e. The highest BCUT2D eigenvalue weighted by molar-refractivity contribution is 7.99. The number of hydrogen-bond donors (Lipinski definition) is 1. The highest BCUT2D eigenvalue weighted by atomic mass is 32.2. The molecule has 0 bridgehead atoms. The van der Waals surface area contributed by atoms with Crippen LogP contribution >= 0.6 is 11.8 Å². The van der Waals surface area contributed by atoms with E-state index in [2.05, 4.69) is 0 Å². The Bertz CT molecular complexity index is 203. The van der Waals surface area contributed by atoms with E-state index in [1.807, 2.05) is 0 Å². The number of aliphatic carboxylic acids is 1. The summed E-state index contributed by atoms with van der Waals surface area (Å²) < 4.78 is 59.0. The third kappa shape index (κ3) is 4.64. The molecule has 0 spiro atoms. The van der Waals surface area contributed by atoms with Crippen LogP contribution in [0.5, 0.6) is 0 Å². The fourth-order valence-electron chi connectivity index (χ4n) is 0.502. The minimum absolute atomic E-state index is 0.478. The summed E-state index contributed by atoms with van der Waals surface area (Å²) >= 11 is 0.525. The van der Waals surface area contributed by atoms with E-state index < -0.39 is 36.0 Å². The number of carboxylic acid groups (broad SMARTS) is 1. The first-order valence-electron chi connectivity index (χ1n) is 3.41. The number of thioether (sulfide) groups is 1. The van der Waals surface area contributed by atoms with E-state index in [-0.39, 0.29) is 0 Å². The first-order chi connectivity index (χ1) is 6.17. The molecule has 0 aromatic carbocycles. The van der Waals surface area contributed by atoms with Crippen molar-refractivity contribution in [2.75, 3.05) is 11.5 Å². The monoisotopic (exact) mass is 238 g/mol. The van der Waals surface area contributed by atoms with Gasteiger partial charge in [0, 0.05) is 6.42 Å². The summed E-state index contributed by atoms with van der Waals surface area (Å²) in [6.07, 6.45) is -6.95. The van der Waals surface area contributed by atoms with Gasteiger partial charge in [-0.15, -0.1) is 11.8 Å². The largest absolute Gasteiger partial charge is 0.481 e. The topological polar surface area (TPSA) is 37.3 Å². The van der Waals surface area contributed by atoms with Gasteiger partial charge in [-0.05, 0) is 5.75 Å². The van der Waals surface area contributed by atoms with Gasteiger partial charge in [0.05, 0.1) is 5.75 Å². The molecule has 0 rings (SSSR count). The van der Waals surface area contributed by atoms with Crippen LogP contribution in [0.4, 0.5) is 22.0 Å². The second-order valence-electron chi connectivity index (χ2n) is 2.40. The van der Waals surface area contributed by atoms with Crippen LogP contribution in [0.3, 0.4) is 0 Å². The van der Waals surface area contributed by atoms with Crippen molar-refractivity contribution in [2.24, 2.45) is 0 Å². The van der Waals surface area contributed by atoms with Crippen molar-refractivity contribution in [1.82, 2.24) is 0 Å². The maximum atomic E-state index is 12.2. The maximum Gasteiger partial charge on any atom is 0.453 e. The summed E-state index contributed by atoms with van der Waals surface area (Å²) in [6, 6.07) is 0. The number of carboxylic acids is 1. The summed E-state index contributed by atoms with van der Waals surface area (Å²) in [4.78, 5) is 9.89. The van der Waals surface area contributed by atoms with Crippen LogP contribution in [0, 0.1) is 0 Å². The molecule has 0 aromatic heterocycles. The Kier molecular flexibility index (Phi) is 4.63.